The second-order valence-electron chi connectivity index (χ2n) is 5.75. The molecule has 3 heteroatoms. The molecule has 0 amide bonds. The first-order valence-corrected chi connectivity index (χ1v) is 7.08. The highest BCUT2D eigenvalue weighted by molar-refractivity contribution is 5.77. The van der Waals surface area contributed by atoms with Crippen LogP contribution in [-0.4, -0.2) is 17.4 Å². The molecule has 0 aliphatic heterocycles. The summed E-state index contributed by atoms with van der Waals surface area (Å²) in [6.07, 6.45) is 6.96. The molecule has 0 heterocycles. The number of Topliss-reactive ketones (excluding diaryl/α,β-unsaturated/α-hetero) is 1. The maximum atomic E-state index is 11.4. The van der Waals surface area contributed by atoms with Crippen LogP contribution in [0.25, 0.3) is 0 Å². The molecule has 106 valence electrons. The minimum atomic E-state index is -0.377. The fraction of sp³-hybridized carbons (Fsp3) is 0.867. The number of carbonyl (C=O) groups excluding carboxylic acids is 2. The van der Waals surface area contributed by atoms with E-state index in [0.717, 1.165) is 32.1 Å². The first-order chi connectivity index (χ1) is 8.35. The number of ketones is 1. The van der Waals surface area contributed by atoms with Crippen LogP contribution in [0.15, 0.2) is 0 Å². The van der Waals surface area contributed by atoms with Gasteiger partial charge in [-0.3, -0.25) is 9.59 Å². The Labute approximate surface area is 111 Å². The summed E-state index contributed by atoms with van der Waals surface area (Å²) in [6.45, 7) is 7.56. The summed E-state index contributed by atoms with van der Waals surface area (Å²) >= 11 is 0. The van der Waals surface area contributed by atoms with Crippen LogP contribution in [0.2, 0.25) is 0 Å². The summed E-state index contributed by atoms with van der Waals surface area (Å²) in [6, 6.07) is 0. The molecule has 0 aromatic carbocycles. The van der Waals surface area contributed by atoms with Crippen LogP contribution in [0.3, 0.4) is 0 Å². The average Bonchev–Trinajstić information content (AvgIpc) is 2.25. The number of ether oxygens (including phenoxy) is 1. The Morgan fingerprint density at radius 3 is 1.89 bits per heavy atom. The Hall–Kier alpha value is -0.860. The minimum absolute atomic E-state index is 0.108. The van der Waals surface area contributed by atoms with Crippen molar-refractivity contribution in [2.75, 3.05) is 0 Å². The summed E-state index contributed by atoms with van der Waals surface area (Å²) in [5.41, 5.74) is -0.377. The number of rotatable bonds is 9. The molecule has 18 heavy (non-hydrogen) atoms. The van der Waals surface area contributed by atoms with Crippen LogP contribution in [0.1, 0.15) is 79.1 Å². The van der Waals surface area contributed by atoms with Crippen LogP contribution in [0.4, 0.5) is 0 Å². The van der Waals surface area contributed by atoms with Gasteiger partial charge in [-0.2, -0.15) is 0 Å². The summed E-state index contributed by atoms with van der Waals surface area (Å²) in [5, 5.41) is 0. The van der Waals surface area contributed by atoms with Crippen LogP contribution in [-0.2, 0) is 14.3 Å². The first kappa shape index (κ1) is 17.1. The van der Waals surface area contributed by atoms with E-state index in [1.807, 2.05) is 27.7 Å². The molecule has 0 saturated heterocycles. The van der Waals surface area contributed by atoms with Crippen molar-refractivity contribution in [3.63, 3.8) is 0 Å². The largest absolute Gasteiger partial charge is 0.460 e. The Balaban J connectivity index is 3.35. The number of unbranched alkanes of at least 4 members (excludes halogenated alkanes) is 4. The molecule has 0 fully saturated rings. The van der Waals surface area contributed by atoms with Gasteiger partial charge in [0.1, 0.15) is 11.4 Å². The predicted octanol–water partition coefficient (Wildman–Crippen LogP) is 4.04. The summed E-state index contributed by atoms with van der Waals surface area (Å²) in [4.78, 5) is 22.5. The molecule has 0 aromatic heterocycles. The highest BCUT2D eigenvalue weighted by Crippen LogP contribution is 2.12. The maximum Gasteiger partial charge on any atom is 0.306 e. The maximum absolute atomic E-state index is 11.4. The van der Waals surface area contributed by atoms with E-state index in [1.54, 1.807) is 0 Å². The second kappa shape index (κ2) is 9.12. The van der Waals surface area contributed by atoms with Crippen LogP contribution in [0.5, 0.6) is 0 Å². The van der Waals surface area contributed by atoms with Crippen molar-refractivity contribution in [2.24, 2.45) is 0 Å². The quantitative estimate of drug-likeness (QED) is 0.462. The van der Waals surface area contributed by atoms with Gasteiger partial charge >= 0.3 is 5.97 Å². The van der Waals surface area contributed by atoms with Gasteiger partial charge in [-0.15, -0.1) is 0 Å². The summed E-state index contributed by atoms with van der Waals surface area (Å²) < 4.78 is 5.23. The Bertz CT molecular complexity index is 251. The molecular weight excluding hydrogens is 228 g/mol. The normalized spacial score (nSPS) is 11.3. The third-order valence-electron chi connectivity index (χ3n) is 2.65. The van der Waals surface area contributed by atoms with Gasteiger partial charge in [0.2, 0.25) is 0 Å². The molecule has 0 rings (SSSR count). The van der Waals surface area contributed by atoms with Crippen molar-refractivity contribution in [2.45, 2.75) is 84.7 Å². The average molecular weight is 256 g/mol. The zero-order chi connectivity index (χ0) is 14.0. The van der Waals surface area contributed by atoms with E-state index >= 15 is 0 Å². The molecular formula is C15H28O3. The van der Waals surface area contributed by atoms with Crippen molar-refractivity contribution in [3.8, 4) is 0 Å². The highest BCUT2D eigenvalue weighted by Gasteiger charge is 2.15. The van der Waals surface area contributed by atoms with E-state index in [9.17, 15) is 9.59 Å². The summed E-state index contributed by atoms with van der Waals surface area (Å²) in [5.74, 6) is 0.243. The topological polar surface area (TPSA) is 43.4 Å². The third kappa shape index (κ3) is 11.6. The Morgan fingerprint density at radius 2 is 1.39 bits per heavy atom. The molecule has 0 aliphatic carbocycles. The molecule has 0 radical (unpaired) electrons. The van der Waals surface area contributed by atoms with E-state index in [2.05, 4.69) is 0 Å². The molecule has 0 saturated carbocycles. The van der Waals surface area contributed by atoms with Gasteiger partial charge in [-0.25, -0.2) is 0 Å². The van der Waals surface area contributed by atoms with Gasteiger partial charge in [-0.05, 0) is 33.6 Å². The van der Waals surface area contributed by atoms with E-state index < -0.39 is 0 Å². The van der Waals surface area contributed by atoms with Gasteiger partial charge in [0.25, 0.3) is 0 Å². The zero-order valence-electron chi connectivity index (χ0n) is 12.4. The molecule has 0 spiro atoms. The fourth-order valence-corrected chi connectivity index (χ4v) is 1.69. The lowest BCUT2D eigenvalue weighted by Crippen LogP contribution is -2.23. The lowest BCUT2D eigenvalue weighted by molar-refractivity contribution is -0.154. The number of esters is 1. The van der Waals surface area contributed by atoms with Gasteiger partial charge < -0.3 is 4.74 Å². The number of hydrogen-bond donors (Lipinski definition) is 0. The standard InChI is InChI=1S/C15H28O3/c1-5-13(16)11-9-7-6-8-10-12-14(17)18-15(2,3)4/h5-12H2,1-4H3. The van der Waals surface area contributed by atoms with Gasteiger partial charge in [0.05, 0.1) is 0 Å². The minimum Gasteiger partial charge on any atom is -0.460 e. The molecule has 0 atom stereocenters. The van der Waals surface area contributed by atoms with Crippen molar-refractivity contribution >= 4 is 11.8 Å². The van der Waals surface area contributed by atoms with Crippen LogP contribution in [0, 0.1) is 0 Å². The lowest BCUT2D eigenvalue weighted by atomic mass is 10.1. The van der Waals surface area contributed by atoms with Crippen LogP contribution >= 0.6 is 0 Å². The van der Waals surface area contributed by atoms with Crippen molar-refractivity contribution in [1.82, 2.24) is 0 Å². The van der Waals surface area contributed by atoms with Crippen molar-refractivity contribution < 1.29 is 14.3 Å². The molecule has 0 aliphatic rings. The van der Waals surface area contributed by atoms with Crippen LogP contribution < -0.4 is 0 Å². The highest BCUT2D eigenvalue weighted by atomic mass is 16.6. The monoisotopic (exact) mass is 256 g/mol. The van der Waals surface area contributed by atoms with Gasteiger partial charge in [0.15, 0.2) is 0 Å². The first-order valence-electron chi connectivity index (χ1n) is 7.08. The third-order valence-corrected chi connectivity index (χ3v) is 2.65. The van der Waals surface area contributed by atoms with E-state index in [4.69, 9.17) is 4.74 Å². The number of hydrogen-bond acceptors (Lipinski definition) is 3. The van der Waals surface area contributed by atoms with Crippen molar-refractivity contribution in [1.29, 1.82) is 0 Å². The molecule has 3 nitrogen and oxygen atoms in total. The molecule has 0 aromatic rings. The fourth-order valence-electron chi connectivity index (χ4n) is 1.69. The van der Waals surface area contributed by atoms with Gasteiger partial charge in [-0.1, -0.05) is 26.2 Å². The van der Waals surface area contributed by atoms with E-state index in [0.29, 0.717) is 25.0 Å². The van der Waals surface area contributed by atoms with Gasteiger partial charge in [0, 0.05) is 19.3 Å². The Morgan fingerprint density at radius 1 is 0.889 bits per heavy atom. The predicted molar refractivity (Wildman–Crippen MR) is 73.5 cm³/mol. The summed E-state index contributed by atoms with van der Waals surface area (Å²) in [7, 11) is 0. The van der Waals surface area contributed by atoms with E-state index in [-0.39, 0.29) is 11.6 Å². The van der Waals surface area contributed by atoms with E-state index in [1.165, 1.54) is 0 Å². The second-order valence-corrected chi connectivity index (χ2v) is 5.75. The smallest absolute Gasteiger partial charge is 0.306 e. The Kier molecular flexibility index (Phi) is 8.69. The number of carbonyl (C=O) groups is 2. The molecule has 0 N–H and O–H groups in total. The molecule has 0 unspecified atom stereocenters. The SMILES string of the molecule is CCC(=O)CCCCCCCC(=O)OC(C)(C)C. The van der Waals surface area contributed by atoms with Crippen molar-refractivity contribution in [3.05, 3.63) is 0 Å². The zero-order valence-corrected chi connectivity index (χ0v) is 12.4. The molecule has 0 bridgehead atoms. The lowest BCUT2D eigenvalue weighted by Gasteiger charge is -2.19.